The number of carbonyl (C=O) groups is 1. The Hall–Kier alpha value is -3.86. The Morgan fingerprint density at radius 2 is 1.90 bits per heavy atom. The molecule has 152 valence electrons. The van der Waals surface area contributed by atoms with Crippen molar-refractivity contribution in [2.45, 2.75) is 13.8 Å². The van der Waals surface area contributed by atoms with Gasteiger partial charge in [0, 0.05) is 10.6 Å². The number of nitrogens with one attached hydrogen (secondary N) is 2. The predicted molar refractivity (Wildman–Crippen MR) is 113 cm³/mol. The molecule has 0 aliphatic rings. The van der Waals surface area contributed by atoms with Crippen LogP contribution in [0.2, 0.25) is 0 Å². The smallest absolute Gasteiger partial charge is 0.338 e. The van der Waals surface area contributed by atoms with Crippen LogP contribution in [-0.2, 0) is 4.74 Å². The maximum Gasteiger partial charge on any atom is 0.338 e. The van der Waals surface area contributed by atoms with Crippen molar-refractivity contribution in [1.29, 1.82) is 0 Å². The van der Waals surface area contributed by atoms with Gasteiger partial charge in [0.2, 0.25) is 11.3 Å². The number of esters is 1. The van der Waals surface area contributed by atoms with Crippen LogP contribution in [0.4, 0.5) is 17.3 Å². The first kappa shape index (κ1) is 19.5. The van der Waals surface area contributed by atoms with E-state index in [2.05, 4.69) is 36.1 Å². The van der Waals surface area contributed by atoms with Gasteiger partial charge in [-0.05, 0) is 65.4 Å². The zero-order valence-corrected chi connectivity index (χ0v) is 16.9. The number of hydrogen-bond acceptors (Lipinski definition) is 11. The average molecular weight is 423 g/mol. The molecule has 0 radical (unpaired) electrons. The molecule has 0 bridgehead atoms. The van der Waals surface area contributed by atoms with Crippen molar-refractivity contribution in [1.82, 2.24) is 20.3 Å². The van der Waals surface area contributed by atoms with E-state index in [0.717, 1.165) is 10.4 Å². The van der Waals surface area contributed by atoms with E-state index in [4.69, 9.17) is 9.37 Å². The van der Waals surface area contributed by atoms with Gasteiger partial charge in [0.15, 0.2) is 11.6 Å². The van der Waals surface area contributed by atoms with Crippen molar-refractivity contribution in [3.63, 3.8) is 0 Å². The van der Waals surface area contributed by atoms with Crippen LogP contribution in [0.25, 0.3) is 11.3 Å². The first-order chi connectivity index (χ1) is 14.6. The highest BCUT2D eigenvalue weighted by atomic mass is 32.1. The van der Waals surface area contributed by atoms with E-state index in [1.165, 1.54) is 0 Å². The molecule has 0 spiro atoms. The Bertz CT molecular complexity index is 1200. The summed E-state index contributed by atoms with van der Waals surface area (Å²) in [5.74, 6) is 0.347. The third-order valence-electron chi connectivity index (χ3n) is 4.03. The van der Waals surface area contributed by atoms with Crippen molar-refractivity contribution in [3.05, 3.63) is 51.7 Å². The van der Waals surface area contributed by atoms with E-state index in [1.54, 1.807) is 48.7 Å². The van der Waals surface area contributed by atoms with E-state index < -0.39 is 0 Å². The van der Waals surface area contributed by atoms with Crippen molar-refractivity contribution in [2.75, 3.05) is 17.3 Å². The Kier molecular flexibility index (Phi) is 5.61. The summed E-state index contributed by atoms with van der Waals surface area (Å²) in [7, 11) is 0. The molecule has 0 saturated heterocycles. The summed E-state index contributed by atoms with van der Waals surface area (Å²) in [6.07, 6.45) is 1.71. The minimum Gasteiger partial charge on any atom is -0.462 e. The summed E-state index contributed by atoms with van der Waals surface area (Å²) < 4.78 is 9.70. The topological polar surface area (TPSA) is 127 Å². The summed E-state index contributed by atoms with van der Waals surface area (Å²) in [6.45, 7) is 4.09. The number of aromatic nitrogens is 4. The van der Waals surface area contributed by atoms with Crippen molar-refractivity contribution >= 4 is 52.1 Å². The lowest BCUT2D eigenvalue weighted by Crippen LogP contribution is -2.05. The molecule has 3 heterocycles. The van der Waals surface area contributed by atoms with Crippen LogP contribution in [0.1, 0.15) is 27.7 Å². The van der Waals surface area contributed by atoms with Crippen LogP contribution in [0, 0.1) is 6.92 Å². The molecule has 0 aliphatic carbocycles. The molecule has 2 N–H and O–H groups in total. The van der Waals surface area contributed by atoms with Crippen LogP contribution < -0.4 is 10.7 Å². The van der Waals surface area contributed by atoms with Gasteiger partial charge in [-0.15, -0.1) is 11.3 Å². The number of hydrazone groups is 1. The third-order valence-corrected chi connectivity index (χ3v) is 4.98. The fourth-order valence-electron chi connectivity index (χ4n) is 2.51. The van der Waals surface area contributed by atoms with Gasteiger partial charge >= 0.3 is 5.97 Å². The SMILES string of the molecule is CCOC(=O)c1ccc(Nc2nc3nonc3nc2N/N=C\c2sccc2C)cc1. The zero-order valence-electron chi connectivity index (χ0n) is 16.1. The Morgan fingerprint density at radius 1 is 1.17 bits per heavy atom. The molecule has 0 amide bonds. The molecule has 0 unspecified atom stereocenters. The summed E-state index contributed by atoms with van der Waals surface area (Å²) in [5.41, 5.74) is 5.67. The number of thiophene rings is 1. The predicted octanol–water partition coefficient (Wildman–Crippen LogP) is 3.75. The van der Waals surface area contributed by atoms with Gasteiger partial charge < -0.3 is 10.1 Å². The normalized spacial score (nSPS) is 11.1. The quantitative estimate of drug-likeness (QED) is 0.259. The molecule has 30 heavy (non-hydrogen) atoms. The fourth-order valence-corrected chi connectivity index (χ4v) is 3.30. The maximum atomic E-state index is 11.8. The number of aryl methyl sites for hydroxylation is 1. The van der Waals surface area contributed by atoms with Crippen LogP contribution >= 0.6 is 11.3 Å². The van der Waals surface area contributed by atoms with Gasteiger partial charge in [0.05, 0.1) is 18.4 Å². The summed E-state index contributed by atoms with van der Waals surface area (Å²) >= 11 is 1.59. The molecular weight excluding hydrogens is 406 g/mol. The lowest BCUT2D eigenvalue weighted by Gasteiger charge is -2.10. The molecule has 0 fully saturated rings. The highest BCUT2D eigenvalue weighted by Crippen LogP contribution is 2.24. The Balaban J connectivity index is 1.58. The van der Waals surface area contributed by atoms with Crippen molar-refractivity contribution in [2.24, 2.45) is 5.10 Å². The average Bonchev–Trinajstić information content (AvgIpc) is 3.37. The van der Waals surface area contributed by atoms with Gasteiger partial charge in [-0.3, -0.25) is 5.43 Å². The van der Waals surface area contributed by atoms with E-state index >= 15 is 0 Å². The van der Waals surface area contributed by atoms with Crippen LogP contribution in [0.3, 0.4) is 0 Å². The number of rotatable bonds is 7. The Morgan fingerprint density at radius 3 is 2.57 bits per heavy atom. The van der Waals surface area contributed by atoms with Crippen LogP contribution in [0.15, 0.2) is 45.4 Å². The minimum absolute atomic E-state index is 0.253. The highest BCUT2D eigenvalue weighted by molar-refractivity contribution is 7.11. The van der Waals surface area contributed by atoms with Gasteiger partial charge in [-0.2, -0.15) is 10.1 Å². The number of anilines is 3. The van der Waals surface area contributed by atoms with Crippen LogP contribution in [-0.4, -0.2) is 39.1 Å². The second kappa shape index (κ2) is 8.66. The second-order valence-corrected chi connectivity index (χ2v) is 7.04. The molecule has 0 atom stereocenters. The largest absolute Gasteiger partial charge is 0.462 e. The van der Waals surface area contributed by atoms with Crippen molar-refractivity contribution in [3.8, 4) is 0 Å². The molecular formula is C19H17N7O3S. The third kappa shape index (κ3) is 4.25. The van der Waals surface area contributed by atoms with E-state index in [9.17, 15) is 4.79 Å². The molecule has 0 saturated carbocycles. The van der Waals surface area contributed by atoms with E-state index in [0.29, 0.717) is 29.5 Å². The van der Waals surface area contributed by atoms with E-state index in [1.807, 2.05) is 18.4 Å². The zero-order chi connectivity index (χ0) is 20.9. The number of fused-ring (bicyclic) bond motifs is 1. The molecule has 4 aromatic rings. The monoisotopic (exact) mass is 423 g/mol. The van der Waals surface area contributed by atoms with Crippen molar-refractivity contribution < 1.29 is 14.2 Å². The number of nitrogens with zero attached hydrogens (tertiary/aromatic N) is 5. The summed E-state index contributed by atoms with van der Waals surface area (Å²) in [4.78, 5) is 21.6. The van der Waals surface area contributed by atoms with Gasteiger partial charge in [0.25, 0.3) is 0 Å². The Labute approximate surface area is 175 Å². The molecule has 0 aliphatic heterocycles. The first-order valence-electron chi connectivity index (χ1n) is 9.01. The lowest BCUT2D eigenvalue weighted by atomic mass is 10.2. The molecule has 10 nitrogen and oxygen atoms in total. The number of benzene rings is 1. The van der Waals surface area contributed by atoms with Crippen LogP contribution in [0.5, 0.6) is 0 Å². The summed E-state index contributed by atoms with van der Waals surface area (Å²) in [5, 5.41) is 16.8. The standard InChI is InChI=1S/C19H17N7O3S/c1-3-28-19(27)12-4-6-13(7-5-12)21-15-16(23-18-17(22-15)25-29-26-18)24-20-10-14-11(2)8-9-30-14/h4-10H,3H2,1-2H3,(H,21,22,25)(H,23,24,26)/b20-10-. The number of carbonyl (C=O) groups excluding carboxylic acids is 1. The number of hydrogen-bond donors (Lipinski definition) is 2. The molecule has 11 heteroatoms. The van der Waals surface area contributed by atoms with Gasteiger partial charge in [-0.1, -0.05) is 0 Å². The molecule has 1 aromatic carbocycles. The second-order valence-electron chi connectivity index (χ2n) is 6.09. The number of ether oxygens (including phenoxy) is 1. The summed E-state index contributed by atoms with van der Waals surface area (Å²) in [6, 6.07) is 8.82. The fraction of sp³-hybridized carbons (Fsp3) is 0.158. The van der Waals surface area contributed by atoms with E-state index in [-0.39, 0.29) is 17.3 Å². The highest BCUT2D eigenvalue weighted by Gasteiger charge is 2.13. The van der Waals surface area contributed by atoms with Gasteiger partial charge in [-0.25, -0.2) is 14.4 Å². The van der Waals surface area contributed by atoms with Gasteiger partial charge in [0.1, 0.15) is 0 Å². The lowest BCUT2D eigenvalue weighted by molar-refractivity contribution is 0.0526. The maximum absolute atomic E-state index is 11.8. The molecule has 3 aromatic heterocycles. The first-order valence-corrected chi connectivity index (χ1v) is 9.89. The molecule has 4 rings (SSSR count). The minimum atomic E-state index is -0.375.